The molecule has 0 fully saturated rings. The van der Waals surface area contributed by atoms with E-state index < -0.39 is 29.9 Å². The molecule has 1 aliphatic heterocycles. The molecule has 2 aromatic heterocycles. The Morgan fingerprint density at radius 1 is 1.02 bits per heavy atom. The number of nitrogens with zero attached hydrogens (tertiary/aromatic N) is 3. The lowest BCUT2D eigenvalue weighted by atomic mass is 10.0. The number of aromatic carboxylic acids is 1. The molecule has 5 N–H and O–H groups in total. The summed E-state index contributed by atoms with van der Waals surface area (Å²) in [6.45, 7) is 0.180. The van der Waals surface area contributed by atoms with Crippen LogP contribution in [0.5, 0.6) is 0 Å². The van der Waals surface area contributed by atoms with Crippen LogP contribution in [0.15, 0.2) is 54.7 Å². The van der Waals surface area contributed by atoms with Crippen LogP contribution in [0.4, 0.5) is 5.69 Å². The highest BCUT2D eigenvalue weighted by Gasteiger charge is 2.33. The Labute approximate surface area is 227 Å². The van der Waals surface area contributed by atoms with E-state index in [1.54, 1.807) is 12.1 Å². The summed E-state index contributed by atoms with van der Waals surface area (Å²) in [5.41, 5.74) is 4.24. The number of aliphatic hydroxyl groups excluding tert-OH is 1. The molecule has 3 heterocycles. The molecule has 6 rings (SSSR count). The van der Waals surface area contributed by atoms with E-state index in [9.17, 15) is 29.4 Å². The number of carbonyl (C=O) groups is 4. The van der Waals surface area contributed by atoms with Crippen molar-refractivity contribution in [2.75, 3.05) is 5.32 Å². The molecular weight excluding hydrogens is 516 g/mol. The molecule has 2 atom stereocenters. The number of fused-ring (bicyclic) bond motifs is 3. The zero-order valence-electron chi connectivity index (χ0n) is 21.0. The Bertz CT molecular complexity index is 1710. The number of carboxylic acids is 1. The predicted molar refractivity (Wildman–Crippen MR) is 141 cm³/mol. The first-order valence-corrected chi connectivity index (χ1v) is 12.7. The molecule has 40 heavy (non-hydrogen) atoms. The van der Waals surface area contributed by atoms with Crippen molar-refractivity contribution in [1.29, 1.82) is 0 Å². The van der Waals surface area contributed by atoms with Gasteiger partial charge in [0.25, 0.3) is 11.8 Å². The summed E-state index contributed by atoms with van der Waals surface area (Å²) in [4.78, 5) is 53.8. The van der Waals surface area contributed by atoms with Gasteiger partial charge >= 0.3 is 5.97 Å². The van der Waals surface area contributed by atoms with Crippen molar-refractivity contribution < 1.29 is 29.4 Å². The molecule has 3 amide bonds. The number of hydrogen-bond acceptors (Lipinski definition) is 7. The summed E-state index contributed by atoms with van der Waals surface area (Å²) in [6, 6.07) is 12.2. The second-order valence-corrected chi connectivity index (χ2v) is 9.79. The van der Waals surface area contributed by atoms with Gasteiger partial charge < -0.3 is 26.2 Å². The highest BCUT2D eigenvalue weighted by molar-refractivity contribution is 5.98. The summed E-state index contributed by atoms with van der Waals surface area (Å²) < 4.78 is 1.30. The Hall–Kier alpha value is -5.10. The van der Waals surface area contributed by atoms with Gasteiger partial charge in [0.05, 0.1) is 23.9 Å². The number of hydrogen-bond donors (Lipinski definition) is 5. The van der Waals surface area contributed by atoms with E-state index >= 15 is 0 Å². The first kappa shape index (κ1) is 25.2. The van der Waals surface area contributed by atoms with Gasteiger partial charge in [0.1, 0.15) is 11.4 Å². The number of aryl methyl sites for hydroxylation is 1. The Morgan fingerprint density at radius 2 is 1.88 bits per heavy atom. The van der Waals surface area contributed by atoms with E-state index in [2.05, 4.69) is 26.0 Å². The third kappa shape index (κ3) is 4.64. The van der Waals surface area contributed by atoms with Gasteiger partial charge in [0.15, 0.2) is 5.65 Å². The molecule has 12 nitrogen and oxygen atoms in total. The number of benzene rings is 2. The number of amides is 3. The highest BCUT2D eigenvalue weighted by Crippen LogP contribution is 2.32. The van der Waals surface area contributed by atoms with Crippen molar-refractivity contribution in [3.8, 4) is 0 Å². The zero-order chi connectivity index (χ0) is 28.0. The maximum Gasteiger partial charge on any atom is 0.335 e. The van der Waals surface area contributed by atoms with Crippen LogP contribution in [0.2, 0.25) is 0 Å². The molecule has 2 aliphatic rings. The van der Waals surface area contributed by atoms with Gasteiger partial charge in [-0.15, -0.1) is 0 Å². The van der Waals surface area contributed by atoms with Crippen LogP contribution in [-0.4, -0.2) is 54.6 Å². The summed E-state index contributed by atoms with van der Waals surface area (Å²) >= 11 is 0. The standard InChI is InChI=1S/C28H24N6O6/c35-22-11-17-10-16(28(39)40)3-5-18(17)25(22)33-27(38)21-12-20(31-23-7-8-30-34(21)23)26(37)29-13-14-1-2-15-4-6-24(36)32-19(15)9-14/h1-3,5,7-10,12,22,25,35H,4,6,11,13H2,(H,29,37)(H,32,36)(H,33,38)(H,39,40)/t22-,25-/m1/s1. The molecule has 1 aliphatic carbocycles. The van der Waals surface area contributed by atoms with E-state index in [1.165, 1.54) is 28.9 Å². The predicted octanol–water partition coefficient (Wildman–Crippen LogP) is 1.63. The average molecular weight is 541 g/mol. The Balaban J connectivity index is 1.21. The van der Waals surface area contributed by atoms with E-state index in [0.717, 1.165) is 16.8 Å². The molecule has 0 spiro atoms. The van der Waals surface area contributed by atoms with Crippen LogP contribution in [0.25, 0.3) is 5.65 Å². The summed E-state index contributed by atoms with van der Waals surface area (Å²) in [6.07, 6.45) is 1.80. The number of rotatable bonds is 6. The maximum absolute atomic E-state index is 13.4. The maximum atomic E-state index is 13.4. The van der Waals surface area contributed by atoms with Crippen molar-refractivity contribution >= 4 is 35.0 Å². The number of nitrogens with one attached hydrogen (secondary N) is 3. The van der Waals surface area contributed by atoms with Crippen molar-refractivity contribution in [1.82, 2.24) is 25.2 Å². The first-order chi connectivity index (χ1) is 19.3. The number of aromatic nitrogens is 3. The van der Waals surface area contributed by atoms with Crippen molar-refractivity contribution in [3.05, 3.63) is 93.9 Å². The summed E-state index contributed by atoms with van der Waals surface area (Å²) in [7, 11) is 0. The molecule has 2 aromatic carbocycles. The van der Waals surface area contributed by atoms with Gasteiger partial charge in [-0.3, -0.25) is 14.4 Å². The average Bonchev–Trinajstić information content (AvgIpc) is 3.54. The van der Waals surface area contributed by atoms with Crippen molar-refractivity contribution in [3.63, 3.8) is 0 Å². The monoisotopic (exact) mass is 540 g/mol. The van der Waals surface area contributed by atoms with E-state index in [0.29, 0.717) is 24.0 Å². The van der Waals surface area contributed by atoms with Crippen LogP contribution >= 0.6 is 0 Å². The molecule has 12 heteroatoms. The summed E-state index contributed by atoms with van der Waals surface area (Å²) in [5, 5.41) is 32.5. The Kier molecular flexibility index (Phi) is 6.23. The van der Waals surface area contributed by atoms with Crippen LogP contribution in [0.3, 0.4) is 0 Å². The molecule has 0 saturated heterocycles. The second kappa shape index (κ2) is 9.89. The lowest BCUT2D eigenvalue weighted by Crippen LogP contribution is -2.35. The lowest BCUT2D eigenvalue weighted by molar-refractivity contribution is -0.116. The number of aliphatic hydroxyl groups is 1. The van der Waals surface area contributed by atoms with Gasteiger partial charge in [-0.2, -0.15) is 5.10 Å². The molecular formula is C28H24N6O6. The quantitative estimate of drug-likeness (QED) is 0.245. The van der Waals surface area contributed by atoms with Gasteiger partial charge in [-0.25, -0.2) is 14.3 Å². The van der Waals surface area contributed by atoms with Crippen LogP contribution in [0.1, 0.15) is 66.1 Å². The highest BCUT2D eigenvalue weighted by atomic mass is 16.4. The van der Waals surface area contributed by atoms with Crippen molar-refractivity contribution in [2.24, 2.45) is 0 Å². The fraction of sp³-hybridized carbons (Fsp3) is 0.214. The largest absolute Gasteiger partial charge is 0.478 e. The number of anilines is 1. The molecule has 202 valence electrons. The van der Waals surface area contributed by atoms with Gasteiger partial charge in [-0.1, -0.05) is 18.2 Å². The smallest absolute Gasteiger partial charge is 0.335 e. The third-order valence-corrected chi connectivity index (χ3v) is 7.17. The fourth-order valence-corrected chi connectivity index (χ4v) is 5.15. The van der Waals surface area contributed by atoms with E-state index in [4.69, 9.17) is 0 Å². The van der Waals surface area contributed by atoms with Gasteiger partial charge in [0, 0.05) is 37.2 Å². The molecule has 0 bridgehead atoms. The zero-order valence-corrected chi connectivity index (χ0v) is 21.0. The SMILES string of the molecule is O=C1CCc2ccc(CNC(=O)c3cc(C(=O)N[C@@H]4c5ccc(C(=O)O)cc5C[C@H]4O)n4nccc4n3)cc2N1. The first-order valence-electron chi connectivity index (χ1n) is 12.7. The normalized spacial score (nSPS) is 17.6. The minimum absolute atomic E-state index is 0.00267. The minimum atomic E-state index is -1.08. The van der Waals surface area contributed by atoms with Crippen LogP contribution in [0, 0.1) is 0 Å². The fourth-order valence-electron chi connectivity index (χ4n) is 5.15. The van der Waals surface area contributed by atoms with Crippen LogP contribution < -0.4 is 16.0 Å². The molecule has 0 unspecified atom stereocenters. The van der Waals surface area contributed by atoms with Crippen LogP contribution in [-0.2, 0) is 24.2 Å². The van der Waals surface area contributed by atoms with E-state index in [-0.39, 0.29) is 41.5 Å². The number of carbonyl (C=O) groups excluding carboxylic acids is 3. The Morgan fingerprint density at radius 3 is 2.70 bits per heavy atom. The molecule has 0 radical (unpaired) electrons. The number of carboxylic acid groups (broad SMARTS) is 1. The topological polar surface area (TPSA) is 175 Å². The minimum Gasteiger partial charge on any atom is -0.478 e. The second-order valence-electron chi connectivity index (χ2n) is 9.79. The molecule has 0 saturated carbocycles. The third-order valence-electron chi connectivity index (χ3n) is 7.17. The lowest BCUT2D eigenvalue weighted by Gasteiger charge is -2.19. The van der Waals surface area contributed by atoms with Crippen molar-refractivity contribution in [2.45, 2.75) is 38.0 Å². The van der Waals surface area contributed by atoms with Gasteiger partial charge in [-0.05, 0) is 46.9 Å². The van der Waals surface area contributed by atoms with Gasteiger partial charge in [0.2, 0.25) is 5.91 Å². The summed E-state index contributed by atoms with van der Waals surface area (Å²) in [5.74, 6) is -2.22. The molecule has 4 aromatic rings. The van der Waals surface area contributed by atoms with E-state index in [1.807, 2.05) is 18.2 Å².